The molecule has 2 N–H and O–H groups in total. The van der Waals surface area contributed by atoms with Gasteiger partial charge in [0.25, 0.3) is 0 Å². The van der Waals surface area contributed by atoms with Gasteiger partial charge in [0.1, 0.15) is 6.23 Å². The highest BCUT2D eigenvalue weighted by atomic mass is 16.4. The standard InChI is InChI=1S/C17H32N2O3/c1-17(2,3)14-6-8-18(9-7-14)12-15(20)19-10-4-13(5-11-19)16(21)22/h13-15,20H,4-12H2,1-3H3,(H,21,22). The van der Waals surface area contributed by atoms with E-state index in [2.05, 4.69) is 25.7 Å². The number of aliphatic hydroxyl groups excluding tert-OH is 1. The molecule has 2 saturated heterocycles. The van der Waals surface area contributed by atoms with Gasteiger partial charge in [-0.1, -0.05) is 20.8 Å². The van der Waals surface area contributed by atoms with Crippen molar-refractivity contribution in [3.8, 4) is 0 Å². The predicted octanol–water partition coefficient (Wildman–Crippen LogP) is 1.86. The van der Waals surface area contributed by atoms with Gasteiger partial charge in [0.15, 0.2) is 0 Å². The number of rotatable bonds is 4. The summed E-state index contributed by atoms with van der Waals surface area (Å²) in [6.45, 7) is 11.1. The lowest BCUT2D eigenvalue weighted by Crippen LogP contribution is -2.50. The minimum Gasteiger partial charge on any atom is -0.481 e. The van der Waals surface area contributed by atoms with E-state index in [0.717, 1.165) is 19.0 Å². The molecule has 0 spiro atoms. The number of likely N-dealkylation sites (tertiary alicyclic amines) is 2. The van der Waals surface area contributed by atoms with Gasteiger partial charge in [-0.2, -0.15) is 0 Å². The summed E-state index contributed by atoms with van der Waals surface area (Å²) < 4.78 is 0. The molecule has 128 valence electrons. The normalized spacial score (nSPS) is 25.3. The van der Waals surface area contributed by atoms with Crippen LogP contribution < -0.4 is 0 Å². The van der Waals surface area contributed by atoms with E-state index in [0.29, 0.717) is 37.9 Å². The number of hydrogen-bond acceptors (Lipinski definition) is 4. The molecule has 2 aliphatic heterocycles. The van der Waals surface area contributed by atoms with E-state index >= 15 is 0 Å². The molecule has 5 nitrogen and oxygen atoms in total. The average Bonchev–Trinajstić information content (AvgIpc) is 2.47. The first-order valence-electron chi connectivity index (χ1n) is 8.64. The van der Waals surface area contributed by atoms with Gasteiger partial charge < -0.3 is 10.2 Å². The number of hydrogen-bond donors (Lipinski definition) is 2. The Morgan fingerprint density at radius 2 is 1.64 bits per heavy atom. The van der Waals surface area contributed by atoms with Gasteiger partial charge in [-0.15, -0.1) is 0 Å². The Morgan fingerprint density at radius 3 is 2.09 bits per heavy atom. The van der Waals surface area contributed by atoms with Gasteiger partial charge in [-0.25, -0.2) is 0 Å². The molecule has 5 heteroatoms. The van der Waals surface area contributed by atoms with Crippen molar-refractivity contribution in [2.24, 2.45) is 17.3 Å². The van der Waals surface area contributed by atoms with E-state index in [1.54, 1.807) is 0 Å². The summed E-state index contributed by atoms with van der Waals surface area (Å²) in [6.07, 6.45) is 3.26. The van der Waals surface area contributed by atoms with Crippen LogP contribution in [0.5, 0.6) is 0 Å². The van der Waals surface area contributed by atoms with Gasteiger partial charge in [0, 0.05) is 19.6 Å². The van der Waals surface area contributed by atoms with Crippen LogP contribution in [0.1, 0.15) is 46.5 Å². The van der Waals surface area contributed by atoms with Crippen LogP contribution in [0.3, 0.4) is 0 Å². The number of nitrogens with zero attached hydrogens (tertiary/aromatic N) is 2. The molecule has 0 radical (unpaired) electrons. The van der Waals surface area contributed by atoms with Gasteiger partial charge in [0.05, 0.1) is 5.92 Å². The first kappa shape index (κ1) is 17.7. The van der Waals surface area contributed by atoms with Crippen molar-refractivity contribution in [1.82, 2.24) is 9.80 Å². The number of β-amino-alcohol motifs (C(OH)–C–C–N with tert-alkyl or cyclic N) is 1. The Bertz CT molecular complexity index is 365. The van der Waals surface area contributed by atoms with Crippen molar-refractivity contribution in [2.75, 3.05) is 32.7 Å². The molecule has 1 atom stereocenters. The molecule has 2 fully saturated rings. The van der Waals surface area contributed by atoms with Crippen molar-refractivity contribution < 1.29 is 15.0 Å². The van der Waals surface area contributed by atoms with Gasteiger partial charge in [-0.05, 0) is 50.1 Å². The van der Waals surface area contributed by atoms with Gasteiger partial charge >= 0.3 is 5.97 Å². The molecule has 0 bridgehead atoms. The highest BCUT2D eigenvalue weighted by Crippen LogP contribution is 2.34. The lowest BCUT2D eigenvalue weighted by Gasteiger charge is -2.41. The molecule has 2 rings (SSSR count). The number of piperidine rings is 2. The first-order valence-corrected chi connectivity index (χ1v) is 8.64. The molecule has 0 saturated carbocycles. The second-order valence-corrected chi connectivity index (χ2v) is 8.07. The molecular weight excluding hydrogens is 280 g/mol. The summed E-state index contributed by atoms with van der Waals surface area (Å²) in [5.41, 5.74) is 0.378. The molecule has 0 aromatic heterocycles. The zero-order valence-corrected chi connectivity index (χ0v) is 14.3. The summed E-state index contributed by atoms with van der Waals surface area (Å²) >= 11 is 0. The fourth-order valence-corrected chi connectivity index (χ4v) is 3.77. The maximum Gasteiger partial charge on any atom is 0.306 e. The fraction of sp³-hybridized carbons (Fsp3) is 0.941. The first-order chi connectivity index (χ1) is 10.3. The Balaban J connectivity index is 1.72. The monoisotopic (exact) mass is 312 g/mol. The van der Waals surface area contributed by atoms with E-state index in [-0.39, 0.29) is 5.92 Å². The third-order valence-corrected chi connectivity index (χ3v) is 5.53. The summed E-state index contributed by atoms with van der Waals surface area (Å²) in [5.74, 6) is -0.156. The molecule has 22 heavy (non-hydrogen) atoms. The van der Waals surface area contributed by atoms with Crippen LogP contribution in [0, 0.1) is 17.3 Å². The number of aliphatic hydroxyl groups is 1. The maximum atomic E-state index is 11.0. The lowest BCUT2D eigenvalue weighted by atomic mass is 9.75. The van der Waals surface area contributed by atoms with Crippen LogP contribution in [-0.2, 0) is 4.79 Å². The van der Waals surface area contributed by atoms with Crippen LogP contribution in [0.25, 0.3) is 0 Å². The Hall–Kier alpha value is -0.650. The van der Waals surface area contributed by atoms with Crippen LogP contribution >= 0.6 is 0 Å². The van der Waals surface area contributed by atoms with Crippen molar-refractivity contribution >= 4 is 5.97 Å². The van der Waals surface area contributed by atoms with Crippen molar-refractivity contribution in [3.05, 3.63) is 0 Å². The summed E-state index contributed by atoms with van der Waals surface area (Å²) in [6, 6.07) is 0. The topological polar surface area (TPSA) is 64.0 Å². The van der Waals surface area contributed by atoms with Crippen LogP contribution in [0.2, 0.25) is 0 Å². The van der Waals surface area contributed by atoms with Crippen LogP contribution in [0.15, 0.2) is 0 Å². The van der Waals surface area contributed by atoms with Gasteiger partial charge in [-0.3, -0.25) is 14.6 Å². The predicted molar refractivity (Wildman–Crippen MR) is 86.6 cm³/mol. The quantitative estimate of drug-likeness (QED) is 0.829. The number of carboxylic acid groups (broad SMARTS) is 1. The number of aliphatic carboxylic acids is 1. The smallest absolute Gasteiger partial charge is 0.306 e. The Kier molecular flexibility index (Phi) is 5.86. The summed E-state index contributed by atoms with van der Waals surface area (Å²) in [7, 11) is 0. The molecule has 0 amide bonds. The third-order valence-electron chi connectivity index (χ3n) is 5.53. The molecule has 1 unspecified atom stereocenters. The highest BCUT2D eigenvalue weighted by Gasteiger charge is 2.31. The number of carbonyl (C=O) groups is 1. The average molecular weight is 312 g/mol. The summed E-state index contributed by atoms with van der Waals surface area (Å²) in [4.78, 5) is 15.4. The third kappa shape index (κ3) is 4.67. The summed E-state index contributed by atoms with van der Waals surface area (Å²) in [5, 5.41) is 19.4. The minimum absolute atomic E-state index is 0.231. The lowest BCUT2D eigenvalue weighted by molar-refractivity contribution is -0.144. The van der Waals surface area contributed by atoms with E-state index in [1.807, 2.05) is 4.90 Å². The Morgan fingerprint density at radius 1 is 1.09 bits per heavy atom. The SMILES string of the molecule is CC(C)(C)C1CCN(CC(O)N2CCC(C(=O)O)CC2)CC1. The van der Waals surface area contributed by atoms with Crippen molar-refractivity contribution in [3.63, 3.8) is 0 Å². The van der Waals surface area contributed by atoms with Crippen LogP contribution in [0.4, 0.5) is 0 Å². The molecule has 0 aromatic carbocycles. The molecular formula is C17H32N2O3. The minimum atomic E-state index is -0.696. The van der Waals surface area contributed by atoms with Crippen molar-refractivity contribution in [1.29, 1.82) is 0 Å². The molecule has 2 aliphatic rings. The second-order valence-electron chi connectivity index (χ2n) is 8.07. The Labute approximate surface area is 134 Å². The van der Waals surface area contributed by atoms with Gasteiger partial charge in [0.2, 0.25) is 0 Å². The fourth-order valence-electron chi connectivity index (χ4n) is 3.77. The van der Waals surface area contributed by atoms with E-state index in [4.69, 9.17) is 5.11 Å². The van der Waals surface area contributed by atoms with Crippen molar-refractivity contribution in [2.45, 2.75) is 52.7 Å². The van der Waals surface area contributed by atoms with E-state index in [1.165, 1.54) is 12.8 Å². The highest BCUT2D eigenvalue weighted by molar-refractivity contribution is 5.70. The molecule has 0 aliphatic carbocycles. The van der Waals surface area contributed by atoms with Crippen LogP contribution in [-0.4, -0.2) is 64.9 Å². The maximum absolute atomic E-state index is 11.0. The largest absolute Gasteiger partial charge is 0.481 e. The zero-order chi connectivity index (χ0) is 16.3. The number of carboxylic acids is 1. The molecule has 2 heterocycles. The van der Waals surface area contributed by atoms with E-state index in [9.17, 15) is 9.90 Å². The second kappa shape index (κ2) is 7.28. The zero-order valence-electron chi connectivity index (χ0n) is 14.3. The van der Waals surface area contributed by atoms with E-state index < -0.39 is 12.2 Å². The molecule has 0 aromatic rings.